The van der Waals surface area contributed by atoms with Crippen molar-refractivity contribution in [1.82, 2.24) is 9.80 Å². The Balaban J connectivity index is 3.31. The predicted molar refractivity (Wildman–Crippen MR) is 52.0 cm³/mol. The Labute approximate surface area is 88.1 Å². The summed E-state index contributed by atoms with van der Waals surface area (Å²) in [6, 6.07) is -0.526. The summed E-state index contributed by atoms with van der Waals surface area (Å²) >= 11 is 0. The van der Waals surface area contributed by atoms with Gasteiger partial charge >= 0.3 is 6.03 Å². The van der Waals surface area contributed by atoms with Crippen molar-refractivity contribution < 1.29 is 19.8 Å². The number of urea groups is 1. The molecule has 0 aromatic carbocycles. The minimum atomic E-state index is -1.56. The summed E-state index contributed by atoms with van der Waals surface area (Å²) in [7, 11) is 2.72. The fraction of sp³-hybridized carbons (Fsp3) is 0.778. The van der Waals surface area contributed by atoms with Crippen molar-refractivity contribution in [2.75, 3.05) is 14.1 Å². The number of hydrogen-bond acceptors (Lipinski definition) is 4. The van der Waals surface area contributed by atoms with Crippen LogP contribution in [0.25, 0.3) is 0 Å². The molecule has 3 amide bonds. The normalized spacial score (nSPS) is 31.1. The van der Waals surface area contributed by atoms with Crippen LogP contribution in [0.1, 0.15) is 13.8 Å². The summed E-state index contributed by atoms with van der Waals surface area (Å²) in [5, 5.41) is 19.3. The molecule has 6 nitrogen and oxygen atoms in total. The van der Waals surface area contributed by atoms with E-state index in [-0.39, 0.29) is 0 Å². The summed E-state index contributed by atoms with van der Waals surface area (Å²) in [6.45, 7) is 2.76. The van der Waals surface area contributed by atoms with Crippen molar-refractivity contribution in [3.05, 3.63) is 0 Å². The van der Waals surface area contributed by atoms with Crippen LogP contribution in [0.5, 0.6) is 0 Å². The predicted octanol–water partition coefficient (Wildman–Crippen LogP) is -0.989. The largest absolute Gasteiger partial charge is 0.390 e. The lowest BCUT2D eigenvalue weighted by Crippen LogP contribution is -2.62. The van der Waals surface area contributed by atoms with Gasteiger partial charge in [-0.2, -0.15) is 0 Å². The quantitative estimate of drug-likeness (QED) is 0.581. The van der Waals surface area contributed by atoms with Gasteiger partial charge in [0.1, 0.15) is 0 Å². The van der Waals surface area contributed by atoms with E-state index < -0.39 is 29.7 Å². The summed E-state index contributed by atoms with van der Waals surface area (Å²) in [6.07, 6.45) is -2.27. The van der Waals surface area contributed by atoms with E-state index in [2.05, 4.69) is 0 Å². The molecule has 86 valence electrons. The second kappa shape index (κ2) is 3.46. The van der Waals surface area contributed by atoms with Crippen LogP contribution in [0, 0.1) is 0 Å². The first-order valence-electron chi connectivity index (χ1n) is 4.70. The molecule has 0 spiro atoms. The molecule has 1 saturated heterocycles. The fourth-order valence-electron chi connectivity index (χ4n) is 2.15. The number of hydrogen-bond donors (Lipinski definition) is 2. The lowest BCUT2D eigenvalue weighted by Gasteiger charge is -2.37. The third kappa shape index (κ3) is 1.25. The summed E-state index contributed by atoms with van der Waals surface area (Å²) in [4.78, 5) is 25.4. The van der Waals surface area contributed by atoms with Crippen LogP contribution in [0.2, 0.25) is 0 Å². The number of aliphatic hydroxyl groups excluding tert-OH is 2. The Bertz CT molecular complexity index is 292. The molecular weight excluding hydrogens is 200 g/mol. The Kier molecular flexibility index (Phi) is 2.75. The molecule has 0 radical (unpaired) electrons. The van der Waals surface area contributed by atoms with Crippen molar-refractivity contribution in [2.45, 2.75) is 31.6 Å². The molecule has 2 unspecified atom stereocenters. The van der Waals surface area contributed by atoms with Crippen molar-refractivity contribution in [2.24, 2.45) is 0 Å². The monoisotopic (exact) mass is 216 g/mol. The van der Waals surface area contributed by atoms with Gasteiger partial charge in [0.2, 0.25) is 0 Å². The van der Waals surface area contributed by atoms with E-state index in [1.54, 1.807) is 0 Å². The van der Waals surface area contributed by atoms with Crippen LogP contribution in [0.4, 0.5) is 4.79 Å². The number of nitrogens with zero attached hydrogens (tertiary/aromatic N) is 2. The van der Waals surface area contributed by atoms with Gasteiger partial charge in [0.25, 0.3) is 5.91 Å². The van der Waals surface area contributed by atoms with Gasteiger partial charge in [-0.05, 0) is 13.8 Å². The lowest BCUT2D eigenvalue weighted by molar-refractivity contribution is -0.145. The van der Waals surface area contributed by atoms with Crippen LogP contribution in [0.15, 0.2) is 0 Å². The first-order chi connectivity index (χ1) is 6.77. The van der Waals surface area contributed by atoms with Gasteiger partial charge < -0.3 is 15.1 Å². The van der Waals surface area contributed by atoms with E-state index in [4.69, 9.17) is 0 Å². The van der Waals surface area contributed by atoms with Gasteiger partial charge in [0, 0.05) is 14.1 Å². The smallest absolute Gasteiger partial charge is 0.327 e. The molecule has 1 fully saturated rings. The van der Waals surface area contributed by atoms with Crippen molar-refractivity contribution in [3.63, 3.8) is 0 Å². The maximum Gasteiger partial charge on any atom is 0.327 e. The molecule has 15 heavy (non-hydrogen) atoms. The Morgan fingerprint density at radius 1 is 1.13 bits per heavy atom. The summed E-state index contributed by atoms with van der Waals surface area (Å²) < 4.78 is 0. The van der Waals surface area contributed by atoms with E-state index in [1.807, 2.05) is 0 Å². The Morgan fingerprint density at radius 3 is 1.67 bits per heavy atom. The van der Waals surface area contributed by atoms with Crippen LogP contribution < -0.4 is 0 Å². The standard InChI is InChI=1S/C9H16N2O4/c1-5(12)9(6(2)13)7(14)10(3)8(15)11(9)4/h5-6,12-13H,1-4H3. The number of aliphatic hydroxyl groups is 2. The molecule has 0 aliphatic carbocycles. The van der Waals surface area contributed by atoms with E-state index in [0.717, 1.165) is 9.80 Å². The van der Waals surface area contributed by atoms with Crippen LogP contribution in [-0.2, 0) is 4.79 Å². The maximum absolute atomic E-state index is 11.9. The summed E-state index contributed by atoms with van der Waals surface area (Å²) in [5.41, 5.74) is -1.56. The average molecular weight is 216 g/mol. The van der Waals surface area contributed by atoms with Gasteiger partial charge in [-0.3, -0.25) is 9.69 Å². The van der Waals surface area contributed by atoms with Crippen LogP contribution >= 0.6 is 0 Å². The fourth-order valence-corrected chi connectivity index (χ4v) is 2.15. The minimum Gasteiger partial charge on any atom is -0.390 e. The highest BCUT2D eigenvalue weighted by molar-refractivity contribution is 6.07. The molecule has 0 aromatic heterocycles. The molecule has 0 bridgehead atoms. The summed E-state index contributed by atoms with van der Waals surface area (Å²) in [5.74, 6) is -0.583. The second-order valence-corrected chi connectivity index (χ2v) is 3.88. The molecule has 1 aliphatic heterocycles. The number of rotatable bonds is 2. The molecule has 1 rings (SSSR count). The molecule has 0 saturated carbocycles. The van der Waals surface area contributed by atoms with Crippen molar-refractivity contribution >= 4 is 11.9 Å². The zero-order chi connectivity index (χ0) is 12.0. The number of likely N-dealkylation sites (N-methyl/N-ethyl adjacent to an activating group) is 2. The number of carbonyl (C=O) groups is 2. The highest BCUT2D eigenvalue weighted by Gasteiger charge is 2.60. The number of amides is 3. The van der Waals surface area contributed by atoms with E-state index >= 15 is 0 Å². The zero-order valence-corrected chi connectivity index (χ0v) is 9.26. The Hall–Kier alpha value is -1.14. The van der Waals surface area contributed by atoms with E-state index in [1.165, 1.54) is 27.9 Å². The highest BCUT2D eigenvalue weighted by atomic mass is 16.3. The molecule has 0 aromatic rings. The highest BCUT2D eigenvalue weighted by Crippen LogP contribution is 2.32. The third-order valence-electron chi connectivity index (χ3n) is 3.05. The molecule has 1 aliphatic rings. The topological polar surface area (TPSA) is 81.1 Å². The molecule has 6 heteroatoms. The Morgan fingerprint density at radius 2 is 1.53 bits per heavy atom. The van der Waals surface area contributed by atoms with Crippen LogP contribution in [0.3, 0.4) is 0 Å². The number of imide groups is 1. The van der Waals surface area contributed by atoms with Gasteiger partial charge in [-0.15, -0.1) is 0 Å². The van der Waals surface area contributed by atoms with Crippen molar-refractivity contribution in [1.29, 1.82) is 0 Å². The molecule has 2 N–H and O–H groups in total. The third-order valence-corrected chi connectivity index (χ3v) is 3.05. The minimum absolute atomic E-state index is 0.526. The van der Waals surface area contributed by atoms with Crippen molar-refractivity contribution in [3.8, 4) is 0 Å². The zero-order valence-electron chi connectivity index (χ0n) is 9.26. The van der Waals surface area contributed by atoms with E-state index in [9.17, 15) is 19.8 Å². The number of carbonyl (C=O) groups excluding carboxylic acids is 2. The van der Waals surface area contributed by atoms with Gasteiger partial charge in [0.15, 0.2) is 5.54 Å². The van der Waals surface area contributed by atoms with Gasteiger partial charge in [-0.1, -0.05) is 0 Å². The van der Waals surface area contributed by atoms with Gasteiger partial charge in [0.05, 0.1) is 12.2 Å². The van der Waals surface area contributed by atoms with E-state index in [0.29, 0.717) is 0 Å². The van der Waals surface area contributed by atoms with Gasteiger partial charge in [-0.25, -0.2) is 4.79 Å². The molecule has 2 atom stereocenters. The molecule has 1 heterocycles. The maximum atomic E-state index is 11.9. The second-order valence-electron chi connectivity index (χ2n) is 3.88. The lowest BCUT2D eigenvalue weighted by atomic mass is 9.86. The first-order valence-corrected chi connectivity index (χ1v) is 4.70. The van der Waals surface area contributed by atoms with Crippen LogP contribution in [-0.4, -0.2) is 63.8 Å². The first kappa shape index (κ1) is 11.9. The SMILES string of the molecule is CC(O)C1(C(C)O)C(=O)N(C)C(=O)N1C. The molecular formula is C9H16N2O4. The average Bonchev–Trinajstić information content (AvgIpc) is 2.29.